The minimum absolute atomic E-state index is 0.562. The molecule has 1 aromatic heterocycles. The van der Waals surface area contributed by atoms with Gasteiger partial charge in [-0.3, -0.25) is 0 Å². The Bertz CT molecular complexity index is 529. The topological polar surface area (TPSA) is 63.8 Å². The molecule has 1 aliphatic carbocycles. The standard InChI is InChI=1S/C15H18N4/c16-8-11-4-6-14(7-5-11)19-15-17-9-13(10-18-15)12-2-1-3-12/h4-7,9-10,12H,1-3,8,16H2,(H,17,18,19). The third kappa shape index (κ3) is 2.74. The first-order valence-corrected chi connectivity index (χ1v) is 6.73. The van der Waals surface area contributed by atoms with Crippen molar-refractivity contribution < 1.29 is 0 Å². The molecule has 1 heterocycles. The van der Waals surface area contributed by atoms with Crippen molar-refractivity contribution in [3.8, 4) is 0 Å². The van der Waals surface area contributed by atoms with Crippen molar-refractivity contribution in [3.63, 3.8) is 0 Å². The second-order valence-corrected chi connectivity index (χ2v) is 4.99. The van der Waals surface area contributed by atoms with E-state index in [0.717, 1.165) is 11.3 Å². The summed E-state index contributed by atoms with van der Waals surface area (Å²) in [5.41, 5.74) is 8.93. The maximum Gasteiger partial charge on any atom is 0.227 e. The van der Waals surface area contributed by atoms with Gasteiger partial charge in [0, 0.05) is 24.6 Å². The van der Waals surface area contributed by atoms with Crippen LogP contribution < -0.4 is 11.1 Å². The summed E-state index contributed by atoms with van der Waals surface area (Å²) in [7, 11) is 0. The van der Waals surface area contributed by atoms with Crippen LogP contribution >= 0.6 is 0 Å². The highest BCUT2D eigenvalue weighted by Gasteiger charge is 2.19. The summed E-state index contributed by atoms with van der Waals surface area (Å²) in [6.45, 7) is 0.562. The lowest BCUT2D eigenvalue weighted by atomic mass is 9.81. The lowest BCUT2D eigenvalue weighted by Crippen LogP contribution is -2.10. The Hall–Kier alpha value is -1.94. The number of nitrogens with one attached hydrogen (secondary N) is 1. The number of benzene rings is 1. The zero-order valence-electron chi connectivity index (χ0n) is 10.8. The zero-order valence-corrected chi connectivity index (χ0v) is 10.8. The third-order valence-corrected chi connectivity index (χ3v) is 3.69. The summed E-state index contributed by atoms with van der Waals surface area (Å²) < 4.78 is 0. The average Bonchev–Trinajstić information content (AvgIpc) is 2.40. The Morgan fingerprint density at radius 2 is 1.79 bits per heavy atom. The van der Waals surface area contributed by atoms with Crippen molar-refractivity contribution in [2.24, 2.45) is 5.73 Å². The van der Waals surface area contributed by atoms with E-state index in [1.807, 2.05) is 36.7 Å². The molecule has 0 saturated heterocycles. The largest absolute Gasteiger partial charge is 0.326 e. The molecule has 98 valence electrons. The molecule has 0 aliphatic heterocycles. The molecule has 0 radical (unpaired) electrons. The third-order valence-electron chi connectivity index (χ3n) is 3.69. The number of hydrogen-bond donors (Lipinski definition) is 2. The van der Waals surface area contributed by atoms with E-state index in [1.54, 1.807) is 0 Å². The maximum atomic E-state index is 5.57. The minimum atomic E-state index is 0.562. The van der Waals surface area contributed by atoms with Crippen molar-refractivity contribution >= 4 is 11.6 Å². The van der Waals surface area contributed by atoms with Crippen LogP contribution in [0.15, 0.2) is 36.7 Å². The van der Waals surface area contributed by atoms with Gasteiger partial charge in [0.2, 0.25) is 5.95 Å². The summed E-state index contributed by atoms with van der Waals surface area (Å²) in [4.78, 5) is 8.75. The summed E-state index contributed by atoms with van der Waals surface area (Å²) in [5, 5.41) is 3.19. The molecule has 0 spiro atoms. The fourth-order valence-corrected chi connectivity index (χ4v) is 2.21. The van der Waals surface area contributed by atoms with Crippen LogP contribution in [0.4, 0.5) is 11.6 Å². The van der Waals surface area contributed by atoms with Crippen molar-refractivity contribution in [3.05, 3.63) is 47.8 Å². The van der Waals surface area contributed by atoms with E-state index in [9.17, 15) is 0 Å². The molecule has 3 rings (SSSR count). The monoisotopic (exact) mass is 254 g/mol. The van der Waals surface area contributed by atoms with Crippen LogP contribution in [0, 0.1) is 0 Å². The lowest BCUT2D eigenvalue weighted by Gasteiger charge is -2.24. The fourth-order valence-electron chi connectivity index (χ4n) is 2.21. The van der Waals surface area contributed by atoms with Crippen LogP contribution in [0.2, 0.25) is 0 Å². The van der Waals surface area contributed by atoms with Crippen molar-refractivity contribution in [1.82, 2.24) is 9.97 Å². The van der Waals surface area contributed by atoms with Gasteiger partial charge < -0.3 is 11.1 Å². The number of hydrogen-bond acceptors (Lipinski definition) is 4. The predicted octanol–water partition coefficient (Wildman–Crippen LogP) is 2.95. The quantitative estimate of drug-likeness (QED) is 0.880. The molecule has 0 amide bonds. The number of nitrogens with zero attached hydrogens (tertiary/aromatic N) is 2. The second-order valence-electron chi connectivity index (χ2n) is 4.99. The first-order valence-electron chi connectivity index (χ1n) is 6.73. The molecule has 1 saturated carbocycles. The van der Waals surface area contributed by atoms with Gasteiger partial charge in [-0.1, -0.05) is 18.6 Å². The summed E-state index contributed by atoms with van der Waals surface area (Å²) in [5.74, 6) is 1.32. The van der Waals surface area contributed by atoms with Gasteiger partial charge in [-0.15, -0.1) is 0 Å². The SMILES string of the molecule is NCc1ccc(Nc2ncc(C3CCC3)cn2)cc1. The maximum absolute atomic E-state index is 5.57. The number of nitrogens with two attached hydrogens (primary N) is 1. The van der Waals surface area contributed by atoms with Crippen LogP contribution in [-0.2, 0) is 6.54 Å². The van der Waals surface area contributed by atoms with Crippen LogP contribution in [-0.4, -0.2) is 9.97 Å². The second kappa shape index (κ2) is 5.36. The molecular weight excluding hydrogens is 236 g/mol. The van der Waals surface area contributed by atoms with E-state index in [2.05, 4.69) is 15.3 Å². The van der Waals surface area contributed by atoms with E-state index in [1.165, 1.54) is 24.8 Å². The Morgan fingerprint density at radius 3 is 2.32 bits per heavy atom. The molecule has 19 heavy (non-hydrogen) atoms. The van der Waals surface area contributed by atoms with Crippen LogP contribution in [0.1, 0.15) is 36.3 Å². The van der Waals surface area contributed by atoms with Gasteiger partial charge in [0.1, 0.15) is 0 Å². The molecule has 4 heteroatoms. The lowest BCUT2D eigenvalue weighted by molar-refractivity contribution is 0.418. The van der Waals surface area contributed by atoms with Crippen LogP contribution in [0.25, 0.3) is 0 Å². The van der Waals surface area contributed by atoms with Crippen molar-refractivity contribution in [2.75, 3.05) is 5.32 Å². The summed E-state index contributed by atoms with van der Waals surface area (Å²) >= 11 is 0. The molecule has 0 unspecified atom stereocenters. The van der Waals surface area contributed by atoms with Crippen molar-refractivity contribution in [1.29, 1.82) is 0 Å². The van der Waals surface area contributed by atoms with E-state index in [0.29, 0.717) is 18.4 Å². The van der Waals surface area contributed by atoms with Gasteiger partial charge in [0.05, 0.1) is 0 Å². The summed E-state index contributed by atoms with van der Waals surface area (Å²) in [6, 6.07) is 7.99. The highest BCUT2D eigenvalue weighted by molar-refractivity contribution is 5.53. The Labute approximate surface area is 113 Å². The van der Waals surface area contributed by atoms with Crippen LogP contribution in [0.3, 0.4) is 0 Å². The first-order chi connectivity index (χ1) is 9.35. The normalized spacial score (nSPS) is 15.0. The molecule has 1 aliphatic rings. The highest BCUT2D eigenvalue weighted by atomic mass is 15.1. The van der Waals surface area contributed by atoms with E-state index < -0.39 is 0 Å². The van der Waals surface area contributed by atoms with E-state index in [4.69, 9.17) is 5.73 Å². The average molecular weight is 254 g/mol. The fraction of sp³-hybridized carbons (Fsp3) is 0.333. The Kier molecular flexibility index (Phi) is 3.42. The predicted molar refractivity (Wildman–Crippen MR) is 76.2 cm³/mol. The number of rotatable bonds is 4. The molecule has 3 N–H and O–H groups in total. The highest BCUT2D eigenvalue weighted by Crippen LogP contribution is 2.35. The molecule has 4 nitrogen and oxygen atoms in total. The van der Waals surface area contributed by atoms with Gasteiger partial charge in [-0.05, 0) is 42.0 Å². The van der Waals surface area contributed by atoms with E-state index in [-0.39, 0.29) is 0 Å². The van der Waals surface area contributed by atoms with Crippen molar-refractivity contribution in [2.45, 2.75) is 31.7 Å². The number of aromatic nitrogens is 2. The molecule has 0 bridgehead atoms. The Morgan fingerprint density at radius 1 is 1.11 bits per heavy atom. The molecule has 1 aromatic carbocycles. The molecular formula is C15H18N4. The van der Waals surface area contributed by atoms with Gasteiger partial charge in [-0.25, -0.2) is 9.97 Å². The van der Waals surface area contributed by atoms with Gasteiger partial charge in [0.15, 0.2) is 0 Å². The molecule has 1 fully saturated rings. The van der Waals surface area contributed by atoms with Gasteiger partial charge in [-0.2, -0.15) is 0 Å². The molecule has 2 aromatic rings. The van der Waals surface area contributed by atoms with E-state index >= 15 is 0 Å². The van der Waals surface area contributed by atoms with Crippen LogP contribution in [0.5, 0.6) is 0 Å². The Balaban J connectivity index is 1.68. The van der Waals surface area contributed by atoms with Gasteiger partial charge >= 0.3 is 0 Å². The smallest absolute Gasteiger partial charge is 0.227 e. The molecule has 0 atom stereocenters. The van der Waals surface area contributed by atoms with Gasteiger partial charge in [0.25, 0.3) is 0 Å². The zero-order chi connectivity index (χ0) is 13.1. The number of anilines is 2. The minimum Gasteiger partial charge on any atom is -0.326 e. The summed E-state index contributed by atoms with van der Waals surface area (Å²) in [6.07, 6.45) is 7.76. The first kappa shape index (κ1) is 12.1.